The van der Waals surface area contributed by atoms with E-state index in [9.17, 15) is 18.0 Å². The molecule has 3 rings (SSSR count). The lowest BCUT2D eigenvalue weighted by atomic mass is 9.86. The molecule has 24 heavy (non-hydrogen) atoms. The van der Waals surface area contributed by atoms with Gasteiger partial charge in [0.1, 0.15) is 0 Å². The van der Waals surface area contributed by atoms with Gasteiger partial charge in [-0.15, -0.1) is 5.10 Å². The second-order valence-corrected chi connectivity index (χ2v) is 6.68. The molecule has 0 aromatic carbocycles. The van der Waals surface area contributed by atoms with Crippen LogP contribution in [0.2, 0.25) is 0 Å². The van der Waals surface area contributed by atoms with E-state index in [0.29, 0.717) is 24.0 Å². The fraction of sp³-hybridized carbons (Fsp3) is 0.688. The number of ether oxygens (including phenoxy) is 1. The van der Waals surface area contributed by atoms with E-state index in [2.05, 4.69) is 20.3 Å². The maximum atomic E-state index is 12.0. The van der Waals surface area contributed by atoms with Crippen LogP contribution in [0.5, 0.6) is 5.88 Å². The first-order valence-electron chi connectivity index (χ1n) is 8.18. The van der Waals surface area contributed by atoms with Crippen molar-refractivity contribution in [2.45, 2.75) is 44.8 Å². The first-order valence-corrected chi connectivity index (χ1v) is 8.18. The molecule has 2 aliphatic carbocycles. The number of fused-ring (bicyclic) bond motifs is 2. The highest BCUT2D eigenvalue weighted by atomic mass is 19.4. The fourth-order valence-electron chi connectivity index (χ4n) is 3.80. The minimum Gasteiger partial charge on any atom is -0.467 e. The van der Waals surface area contributed by atoms with Gasteiger partial charge in [-0.05, 0) is 43.1 Å². The van der Waals surface area contributed by atoms with Crippen LogP contribution in [0, 0.1) is 17.8 Å². The Morgan fingerprint density at radius 2 is 2.08 bits per heavy atom. The van der Waals surface area contributed by atoms with Crippen molar-refractivity contribution in [1.82, 2.24) is 15.5 Å². The van der Waals surface area contributed by atoms with E-state index in [4.69, 9.17) is 0 Å². The summed E-state index contributed by atoms with van der Waals surface area (Å²) in [5.41, 5.74) is 0.482. The Hall–Kier alpha value is -1.86. The van der Waals surface area contributed by atoms with E-state index < -0.39 is 12.8 Å². The normalized spacial score (nSPS) is 25.7. The number of aromatic nitrogens is 2. The van der Waals surface area contributed by atoms with Gasteiger partial charge in [0.05, 0.1) is 12.2 Å². The smallest absolute Gasteiger partial charge is 0.422 e. The summed E-state index contributed by atoms with van der Waals surface area (Å²) in [7, 11) is 0. The van der Waals surface area contributed by atoms with Crippen LogP contribution in [0.15, 0.2) is 12.1 Å². The second kappa shape index (κ2) is 6.94. The fourth-order valence-corrected chi connectivity index (χ4v) is 3.80. The summed E-state index contributed by atoms with van der Waals surface area (Å²) in [6.45, 7) is -1.19. The molecular formula is C16H20F3N3O2. The number of carbonyl (C=O) groups excluding carboxylic acids is 1. The molecule has 2 fully saturated rings. The van der Waals surface area contributed by atoms with Crippen LogP contribution in [-0.4, -0.2) is 28.9 Å². The number of hydrogen-bond donors (Lipinski definition) is 1. The van der Waals surface area contributed by atoms with Gasteiger partial charge >= 0.3 is 6.18 Å². The molecule has 0 spiro atoms. The molecule has 8 heteroatoms. The lowest BCUT2D eigenvalue weighted by molar-refractivity contribution is -0.154. The largest absolute Gasteiger partial charge is 0.467 e. The maximum Gasteiger partial charge on any atom is 0.422 e. The summed E-state index contributed by atoms with van der Waals surface area (Å²) in [6, 6.07) is 2.81. The van der Waals surface area contributed by atoms with Gasteiger partial charge in [0.15, 0.2) is 6.61 Å². The SMILES string of the molecule is O=C(CC1CC2CCC1C2)NCc1ccc(OCC(F)(F)F)nn1. The lowest BCUT2D eigenvalue weighted by Crippen LogP contribution is -2.27. The predicted octanol–water partition coefficient (Wildman–Crippen LogP) is 2.86. The Bertz CT molecular complexity index is 577. The monoisotopic (exact) mass is 343 g/mol. The Labute approximate surface area is 138 Å². The van der Waals surface area contributed by atoms with Gasteiger partial charge in [0.25, 0.3) is 0 Å². The molecule has 1 aromatic heterocycles. The number of carbonyl (C=O) groups is 1. The summed E-state index contributed by atoms with van der Waals surface area (Å²) >= 11 is 0. The molecule has 1 amide bonds. The van der Waals surface area contributed by atoms with Crippen molar-refractivity contribution < 1.29 is 22.7 Å². The third-order valence-electron chi connectivity index (χ3n) is 4.88. The lowest BCUT2D eigenvalue weighted by Gasteiger charge is -2.20. The van der Waals surface area contributed by atoms with Gasteiger partial charge in [-0.3, -0.25) is 4.79 Å². The van der Waals surface area contributed by atoms with Crippen molar-refractivity contribution in [3.05, 3.63) is 17.8 Å². The first kappa shape index (κ1) is 17.0. The molecule has 5 nitrogen and oxygen atoms in total. The van der Waals surface area contributed by atoms with E-state index >= 15 is 0 Å². The molecule has 2 saturated carbocycles. The summed E-state index contributed by atoms with van der Waals surface area (Å²) in [5, 5.41) is 10.1. The van der Waals surface area contributed by atoms with Gasteiger partial charge < -0.3 is 10.1 Å². The van der Waals surface area contributed by atoms with Crippen molar-refractivity contribution in [3.63, 3.8) is 0 Å². The van der Waals surface area contributed by atoms with Crippen LogP contribution >= 0.6 is 0 Å². The van der Waals surface area contributed by atoms with Crippen LogP contribution in [0.25, 0.3) is 0 Å². The minimum absolute atomic E-state index is 0.00764. The third-order valence-corrected chi connectivity index (χ3v) is 4.88. The highest BCUT2D eigenvalue weighted by Crippen LogP contribution is 2.49. The zero-order valence-corrected chi connectivity index (χ0v) is 13.2. The highest BCUT2D eigenvalue weighted by Gasteiger charge is 2.40. The number of halogens is 3. The molecule has 3 unspecified atom stereocenters. The second-order valence-electron chi connectivity index (χ2n) is 6.68. The van der Waals surface area contributed by atoms with Gasteiger partial charge in [0.2, 0.25) is 11.8 Å². The van der Waals surface area contributed by atoms with Gasteiger partial charge in [-0.2, -0.15) is 18.3 Å². The van der Waals surface area contributed by atoms with E-state index in [0.717, 1.165) is 12.3 Å². The number of rotatable bonds is 6. The zero-order chi connectivity index (χ0) is 17.2. The average Bonchev–Trinajstić information content (AvgIpc) is 3.14. The Morgan fingerprint density at radius 1 is 1.25 bits per heavy atom. The van der Waals surface area contributed by atoms with E-state index in [1.807, 2.05) is 0 Å². The number of hydrogen-bond acceptors (Lipinski definition) is 4. The van der Waals surface area contributed by atoms with Crippen LogP contribution in [0.1, 0.15) is 37.8 Å². The third kappa shape index (κ3) is 4.58. The molecule has 0 saturated heterocycles. The molecule has 0 aliphatic heterocycles. The van der Waals surface area contributed by atoms with Crippen molar-refractivity contribution in [3.8, 4) is 5.88 Å². The summed E-state index contributed by atoms with van der Waals surface area (Å²) in [6.07, 6.45) is 1.11. The Morgan fingerprint density at radius 3 is 2.67 bits per heavy atom. The molecule has 0 radical (unpaired) electrons. The van der Waals surface area contributed by atoms with Crippen molar-refractivity contribution in [2.75, 3.05) is 6.61 Å². The molecule has 2 bridgehead atoms. The first-order chi connectivity index (χ1) is 11.4. The highest BCUT2D eigenvalue weighted by molar-refractivity contribution is 5.76. The molecule has 1 heterocycles. The van der Waals surface area contributed by atoms with Crippen LogP contribution in [0.4, 0.5) is 13.2 Å². The molecular weight excluding hydrogens is 323 g/mol. The summed E-state index contributed by atoms with van der Waals surface area (Å²) in [4.78, 5) is 12.0. The van der Waals surface area contributed by atoms with Gasteiger partial charge in [0, 0.05) is 12.5 Å². The zero-order valence-electron chi connectivity index (χ0n) is 13.2. The van der Waals surface area contributed by atoms with Crippen LogP contribution in [-0.2, 0) is 11.3 Å². The van der Waals surface area contributed by atoms with Gasteiger partial charge in [-0.1, -0.05) is 6.42 Å². The van der Waals surface area contributed by atoms with E-state index in [1.54, 1.807) is 0 Å². The summed E-state index contributed by atoms with van der Waals surface area (Å²) in [5.74, 6) is 1.80. The maximum absolute atomic E-state index is 12.0. The Kier molecular flexibility index (Phi) is 4.91. The molecule has 3 atom stereocenters. The number of alkyl halides is 3. The topological polar surface area (TPSA) is 64.1 Å². The van der Waals surface area contributed by atoms with Crippen LogP contribution in [0.3, 0.4) is 0 Å². The predicted molar refractivity (Wildman–Crippen MR) is 79.0 cm³/mol. The summed E-state index contributed by atoms with van der Waals surface area (Å²) < 4.78 is 40.6. The number of nitrogens with zero attached hydrogens (tertiary/aromatic N) is 2. The molecule has 1 N–H and O–H groups in total. The average molecular weight is 343 g/mol. The quantitative estimate of drug-likeness (QED) is 0.863. The number of nitrogens with one attached hydrogen (secondary N) is 1. The molecule has 1 aromatic rings. The molecule has 132 valence electrons. The van der Waals surface area contributed by atoms with E-state index in [-0.39, 0.29) is 18.3 Å². The number of amides is 1. The van der Waals surface area contributed by atoms with Crippen molar-refractivity contribution in [1.29, 1.82) is 0 Å². The van der Waals surface area contributed by atoms with Crippen LogP contribution < -0.4 is 10.1 Å². The van der Waals surface area contributed by atoms with E-state index in [1.165, 1.54) is 31.4 Å². The van der Waals surface area contributed by atoms with Gasteiger partial charge in [-0.25, -0.2) is 0 Å². The minimum atomic E-state index is -4.41. The molecule has 2 aliphatic rings. The van der Waals surface area contributed by atoms with Crippen molar-refractivity contribution in [2.24, 2.45) is 17.8 Å². The standard InChI is InChI=1S/C16H20F3N3O2/c17-16(18,19)9-24-15-4-3-13(21-22-15)8-20-14(23)7-12-6-10-1-2-11(12)5-10/h3-4,10-12H,1-2,5-9H2,(H,20,23). The van der Waals surface area contributed by atoms with Crippen molar-refractivity contribution >= 4 is 5.91 Å². The Balaban J connectivity index is 1.40.